The predicted octanol–water partition coefficient (Wildman–Crippen LogP) is 2.35. The first-order valence-corrected chi connectivity index (χ1v) is 8.70. The number of nitrogens with zero attached hydrogens (tertiary/aromatic N) is 2. The van der Waals surface area contributed by atoms with E-state index in [1.54, 1.807) is 20.3 Å². The minimum Gasteiger partial charge on any atom is -0.493 e. The molecule has 0 saturated heterocycles. The first kappa shape index (κ1) is 18.0. The number of aryl methyl sites for hydroxylation is 1. The van der Waals surface area contributed by atoms with Crippen LogP contribution in [0.15, 0.2) is 24.3 Å². The van der Waals surface area contributed by atoms with Crippen molar-refractivity contribution in [1.82, 2.24) is 15.3 Å². The van der Waals surface area contributed by atoms with Gasteiger partial charge in [0.25, 0.3) is 5.91 Å². The first-order valence-electron chi connectivity index (χ1n) is 8.70. The van der Waals surface area contributed by atoms with E-state index in [4.69, 9.17) is 9.47 Å². The minimum absolute atomic E-state index is 0.138. The molecule has 0 aliphatic heterocycles. The molecule has 2 N–H and O–H groups in total. The predicted molar refractivity (Wildman–Crippen MR) is 99.0 cm³/mol. The largest absolute Gasteiger partial charge is 0.493 e. The number of hydrogen-bond donors (Lipinski definition) is 2. The zero-order chi connectivity index (χ0) is 18.5. The van der Waals surface area contributed by atoms with Crippen LogP contribution < -0.4 is 20.1 Å². The molecule has 138 valence electrons. The van der Waals surface area contributed by atoms with Crippen LogP contribution in [0.5, 0.6) is 11.5 Å². The number of carbonyl (C=O) groups is 1. The van der Waals surface area contributed by atoms with Crippen LogP contribution in [0, 0.1) is 6.92 Å². The highest BCUT2D eigenvalue weighted by atomic mass is 16.5. The van der Waals surface area contributed by atoms with Crippen LogP contribution in [0.4, 0.5) is 5.95 Å². The lowest BCUT2D eigenvalue weighted by molar-refractivity contribution is 0.0946. The summed E-state index contributed by atoms with van der Waals surface area (Å²) in [5.74, 6) is 1.74. The summed E-state index contributed by atoms with van der Waals surface area (Å²) in [6, 6.07) is 7.84. The van der Waals surface area contributed by atoms with Crippen LogP contribution in [0.1, 0.15) is 34.6 Å². The molecule has 1 saturated carbocycles. The molecule has 1 amide bonds. The molecule has 7 heteroatoms. The average molecular weight is 356 g/mol. The fourth-order valence-corrected chi connectivity index (χ4v) is 2.61. The van der Waals surface area contributed by atoms with Gasteiger partial charge in [0.05, 0.1) is 14.2 Å². The van der Waals surface area contributed by atoms with Crippen molar-refractivity contribution >= 4 is 11.9 Å². The van der Waals surface area contributed by atoms with Crippen molar-refractivity contribution in [3.63, 3.8) is 0 Å². The number of ether oxygens (including phenoxy) is 2. The zero-order valence-electron chi connectivity index (χ0n) is 15.3. The van der Waals surface area contributed by atoms with Crippen LogP contribution in [0.25, 0.3) is 0 Å². The molecule has 0 atom stereocenters. The van der Waals surface area contributed by atoms with Crippen molar-refractivity contribution in [3.8, 4) is 11.5 Å². The Hall–Kier alpha value is -2.83. The summed E-state index contributed by atoms with van der Waals surface area (Å²) in [7, 11) is 3.24. The summed E-state index contributed by atoms with van der Waals surface area (Å²) in [5.41, 5.74) is 2.27. The molecular formula is C19H24N4O3. The van der Waals surface area contributed by atoms with Crippen molar-refractivity contribution in [2.24, 2.45) is 0 Å². The van der Waals surface area contributed by atoms with E-state index in [0.29, 0.717) is 35.7 Å². The van der Waals surface area contributed by atoms with Gasteiger partial charge in [-0.25, -0.2) is 9.97 Å². The SMILES string of the molecule is COc1ccc(CCNc2nc(C)cc(C(=O)NC3CC3)n2)cc1OC. The fourth-order valence-electron chi connectivity index (χ4n) is 2.61. The Bertz CT molecular complexity index is 790. The van der Waals surface area contributed by atoms with Gasteiger partial charge in [0.15, 0.2) is 11.5 Å². The molecule has 2 aromatic rings. The number of nitrogens with one attached hydrogen (secondary N) is 2. The number of amides is 1. The Morgan fingerprint density at radius 1 is 1.15 bits per heavy atom. The van der Waals surface area contributed by atoms with Gasteiger partial charge in [-0.3, -0.25) is 4.79 Å². The molecule has 3 rings (SSSR count). The maximum absolute atomic E-state index is 12.2. The Labute approximate surface area is 153 Å². The van der Waals surface area contributed by atoms with Crippen molar-refractivity contribution in [2.45, 2.75) is 32.2 Å². The summed E-state index contributed by atoms with van der Waals surface area (Å²) in [6.45, 7) is 2.50. The van der Waals surface area contributed by atoms with Crippen molar-refractivity contribution < 1.29 is 14.3 Å². The van der Waals surface area contributed by atoms with Crippen molar-refractivity contribution in [2.75, 3.05) is 26.1 Å². The standard InChI is InChI=1S/C19H24N4O3/c1-12-10-15(18(24)22-14-5-6-14)23-19(21-12)20-9-8-13-4-7-16(25-2)17(11-13)26-3/h4,7,10-11,14H,5-6,8-9H2,1-3H3,(H,22,24)(H,20,21,23). The van der Waals surface area contributed by atoms with Crippen LogP contribution in [-0.2, 0) is 6.42 Å². The third-order valence-electron chi connectivity index (χ3n) is 4.14. The zero-order valence-corrected chi connectivity index (χ0v) is 15.3. The van der Waals surface area contributed by atoms with E-state index in [-0.39, 0.29) is 5.91 Å². The van der Waals surface area contributed by atoms with Gasteiger partial charge >= 0.3 is 0 Å². The maximum atomic E-state index is 12.2. The second kappa shape index (κ2) is 8.03. The Morgan fingerprint density at radius 3 is 2.62 bits per heavy atom. The molecule has 1 aliphatic carbocycles. The van der Waals surface area contributed by atoms with E-state index in [1.807, 2.05) is 25.1 Å². The molecule has 7 nitrogen and oxygen atoms in total. The molecule has 1 fully saturated rings. The Kier molecular flexibility index (Phi) is 5.55. The van der Waals surface area contributed by atoms with Crippen LogP contribution >= 0.6 is 0 Å². The highest BCUT2D eigenvalue weighted by Gasteiger charge is 2.24. The lowest BCUT2D eigenvalue weighted by Gasteiger charge is -2.11. The third-order valence-corrected chi connectivity index (χ3v) is 4.14. The second-order valence-electron chi connectivity index (χ2n) is 6.33. The monoisotopic (exact) mass is 356 g/mol. The number of rotatable bonds is 8. The Balaban J connectivity index is 1.60. The number of aromatic nitrogens is 2. The summed E-state index contributed by atoms with van der Waals surface area (Å²) in [5, 5.41) is 6.14. The normalized spacial score (nSPS) is 13.2. The van der Waals surface area contributed by atoms with Gasteiger partial charge in [0.2, 0.25) is 5.95 Å². The highest BCUT2D eigenvalue weighted by Crippen LogP contribution is 2.27. The van der Waals surface area contributed by atoms with Gasteiger partial charge in [-0.2, -0.15) is 0 Å². The van der Waals surface area contributed by atoms with Gasteiger partial charge in [0, 0.05) is 18.3 Å². The lowest BCUT2D eigenvalue weighted by Crippen LogP contribution is -2.27. The van der Waals surface area contributed by atoms with E-state index in [2.05, 4.69) is 20.6 Å². The van der Waals surface area contributed by atoms with E-state index in [0.717, 1.165) is 30.5 Å². The van der Waals surface area contributed by atoms with E-state index >= 15 is 0 Å². The molecular weight excluding hydrogens is 332 g/mol. The first-order chi connectivity index (χ1) is 12.6. The molecule has 0 unspecified atom stereocenters. The molecule has 0 spiro atoms. The second-order valence-corrected chi connectivity index (χ2v) is 6.33. The number of anilines is 1. The summed E-state index contributed by atoms with van der Waals surface area (Å²) in [4.78, 5) is 20.9. The molecule has 0 radical (unpaired) electrons. The highest BCUT2D eigenvalue weighted by molar-refractivity contribution is 5.93. The fraction of sp³-hybridized carbons (Fsp3) is 0.421. The third kappa shape index (κ3) is 4.62. The van der Waals surface area contributed by atoms with Gasteiger partial charge < -0.3 is 20.1 Å². The topological polar surface area (TPSA) is 85.4 Å². The van der Waals surface area contributed by atoms with Crippen molar-refractivity contribution in [3.05, 3.63) is 41.2 Å². The van der Waals surface area contributed by atoms with Crippen LogP contribution in [-0.4, -0.2) is 42.7 Å². The van der Waals surface area contributed by atoms with Gasteiger partial charge in [-0.05, 0) is 49.9 Å². The van der Waals surface area contributed by atoms with Crippen LogP contribution in [0.2, 0.25) is 0 Å². The van der Waals surface area contributed by atoms with Crippen LogP contribution in [0.3, 0.4) is 0 Å². The van der Waals surface area contributed by atoms with Gasteiger partial charge in [0.1, 0.15) is 5.69 Å². The summed E-state index contributed by atoms with van der Waals surface area (Å²) < 4.78 is 10.6. The number of carbonyl (C=O) groups excluding carboxylic acids is 1. The van der Waals surface area contributed by atoms with E-state index < -0.39 is 0 Å². The summed E-state index contributed by atoms with van der Waals surface area (Å²) >= 11 is 0. The summed E-state index contributed by atoms with van der Waals surface area (Å²) in [6.07, 6.45) is 2.86. The van der Waals surface area contributed by atoms with E-state index in [1.165, 1.54) is 0 Å². The number of hydrogen-bond acceptors (Lipinski definition) is 6. The quantitative estimate of drug-likeness (QED) is 0.755. The molecule has 1 aromatic carbocycles. The molecule has 1 aliphatic rings. The van der Waals surface area contributed by atoms with Gasteiger partial charge in [-0.1, -0.05) is 6.07 Å². The minimum atomic E-state index is -0.138. The average Bonchev–Trinajstić information content (AvgIpc) is 3.45. The molecule has 1 heterocycles. The molecule has 26 heavy (non-hydrogen) atoms. The molecule has 0 bridgehead atoms. The number of methoxy groups -OCH3 is 2. The van der Waals surface area contributed by atoms with Crippen molar-refractivity contribution in [1.29, 1.82) is 0 Å². The maximum Gasteiger partial charge on any atom is 0.270 e. The molecule has 1 aromatic heterocycles. The lowest BCUT2D eigenvalue weighted by atomic mass is 10.1. The number of benzene rings is 1. The Morgan fingerprint density at radius 2 is 1.92 bits per heavy atom. The smallest absolute Gasteiger partial charge is 0.270 e. The van der Waals surface area contributed by atoms with Gasteiger partial charge in [-0.15, -0.1) is 0 Å². The van der Waals surface area contributed by atoms with E-state index in [9.17, 15) is 4.79 Å².